The fraction of sp³-hybridized carbons (Fsp3) is 1.00. The third-order valence-electron chi connectivity index (χ3n) is 4.01. The molecule has 0 radical (unpaired) electrons. The molecule has 0 amide bonds. The van der Waals surface area contributed by atoms with Crippen molar-refractivity contribution >= 4 is 0 Å². The number of fused-ring (bicyclic) bond motifs is 1. The molecule has 1 aliphatic carbocycles. The van der Waals surface area contributed by atoms with E-state index in [1.54, 1.807) is 0 Å². The number of nitrogens with zero attached hydrogens (tertiary/aromatic N) is 1. The van der Waals surface area contributed by atoms with E-state index in [-0.39, 0.29) is 0 Å². The highest BCUT2D eigenvalue weighted by Gasteiger charge is 2.46. The van der Waals surface area contributed by atoms with E-state index in [9.17, 15) is 0 Å². The Hall–Kier alpha value is -0.0800. The highest BCUT2D eigenvalue weighted by atomic mass is 15.2. The van der Waals surface area contributed by atoms with Crippen LogP contribution in [0.25, 0.3) is 0 Å². The van der Waals surface area contributed by atoms with Gasteiger partial charge in [-0.2, -0.15) is 0 Å². The molecule has 3 unspecified atom stereocenters. The Morgan fingerprint density at radius 1 is 1.23 bits per heavy atom. The summed E-state index contributed by atoms with van der Waals surface area (Å²) in [7, 11) is 0. The summed E-state index contributed by atoms with van der Waals surface area (Å²) in [6.07, 6.45) is 7.24. The van der Waals surface area contributed by atoms with E-state index in [4.69, 9.17) is 0 Å². The Kier molecular flexibility index (Phi) is 2.06. The second-order valence-electron chi connectivity index (χ2n) is 4.99. The molecule has 0 aromatic rings. The number of hydrogen-bond acceptors (Lipinski definition) is 2. The maximum atomic E-state index is 3.64. The molecule has 1 N–H and O–H groups in total. The standard InChI is InChI=1S/C11H20N2/c1-2-5-12-10(3-1)8-13-6-4-9-7-11(9)13/h9-12H,1-8H2. The fourth-order valence-corrected chi connectivity index (χ4v) is 3.08. The van der Waals surface area contributed by atoms with Crippen molar-refractivity contribution in [3.63, 3.8) is 0 Å². The number of rotatable bonds is 2. The van der Waals surface area contributed by atoms with Gasteiger partial charge in [0.15, 0.2) is 0 Å². The van der Waals surface area contributed by atoms with Gasteiger partial charge in [0, 0.05) is 18.6 Å². The van der Waals surface area contributed by atoms with Crippen LogP contribution in [0.1, 0.15) is 32.1 Å². The summed E-state index contributed by atoms with van der Waals surface area (Å²) in [5.41, 5.74) is 0. The van der Waals surface area contributed by atoms with Crippen molar-refractivity contribution in [3.8, 4) is 0 Å². The highest BCUT2D eigenvalue weighted by Crippen LogP contribution is 2.44. The van der Waals surface area contributed by atoms with Gasteiger partial charge in [-0.1, -0.05) is 6.42 Å². The van der Waals surface area contributed by atoms with Crippen LogP contribution in [-0.2, 0) is 0 Å². The number of likely N-dealkylation sites (tertiary alicyclic amines) is 1. The molecular weight excluding hydrogens is 160 g/mol. The Bertz CT molecular complexity index is 187. The molecule has 13 heavy (non-hydrogen) atoms. The molecule has 2 heteroatoms. The monoisotopic (exact) mass is 180 g/mol. The van der Waals surface area contributed by atoms with Crippen molar-refractivity contribution in [2.24, 2.45) is 5.92 Å². The van der Waals surface area contributed by atoms with E-state index in [1.807, 2.05) is 0 Å². The predicted octanol–water partition coefficient (Wildman–Crippen LogP) is 1.22. The van der Waals surface area contributed by atoms with Crippen LogP contribution in [0.2, 0.25) is 0 Å². The minimum Gasteiger partial charge on any atom is -0.313 e. The summed E-state index contributed by atoms with van der Waals surface area (Å²) >= 11 is 0. The van der Waals surface area contributed by atoms with E-state index in [2.05, 4.69) is 10.2 Å². The molecule has 1 saturated carbocycles. The molecule has 2 nitrogen and oxygen atoms in total. The molecule has 0 aromatic carbocycles. The van der Waals surface area contributed by atoms with Crippen LogP contribution in [0, 0.1) is 5.92 Å². The van der Waals surface area contributed by atoms with Crippen LogP contribution in [-0.4, -0.2) is 36.6 Å². The lowest BCUT2D eigenvalue weighted by atomic mass is 10.0. The van der Waals surface area contributed by atoms with Crippen LogP contribution < -0.4 is 5.32 Å². The lowest BCUT2D eigenvalue weighted by molar-refractivity contribution is 0.240. The molecule has 0 spiro atoms. The van der Waals surface area contributed by atoms with Gasteiger partial charge in [-0.15, -0.1) is 0 Å². The number of piperidine rings is 2. The molecule has 74 valence electrons. The Balaban J connectivity index is 1.50. The highest BCUT2D eigenvalue weighted by molar-refractivity contribution is 5.01. The van der Waals surface area contributed by atoms with E-state index >= 15 is 0 Å². The van der Waals surface area contributed by atoms with Gasteiger partial charge >= 0.3 is 0 Å². The summed E-state index contributed by atoms with van der Waals surface area (Å²) in [6, 6.07) is 1.82. The SMILES string of the molecule is C1CCC(CN2CCC3CC32)NC1. The predicted molar refractivity (Wildman–Crippen MR) is 53.7 cm³/mol. The molecule has 0 aromatic heterocycles. The van der Waals surface area contributed by atoms with Crippen molar-refractivity contribution in [2.45, 2.75) is 44.2 Å². The fourth-order valence-electron chi connectivity index (χ4n) is 3.08. The summed E-state index contributed by atoms with van der Waals surface area (Å²) in [5, 5.41) is 3.64. The van der Waals surface area contributed by atoms with Gasteiger partial charge < -0.3 is 5.32 Å². The minimum atomic E-state index is 0.813. The van der Waals surface area contributed by atoms with Crippen LogP contribution >= 0.6 is 0 Å². The molecule has 2 heterocycles. The summed E-state index contributed by atoms with van der Waals surface area (Å²) in [5.74, 6) is 1.10. The van der Waals surface area contributed by atoms with Crippen molar-refractivity contribution in [3.05, 3.63) is 0 Å². The van der Waals surface area contributed by atoms with Gasteiger partial charge in [-0.3, -0.25) is 4.90 Å². The Labute approximate surface area is 80.7 Å². The quantitative estimate of drug-likeness (QED) is 0.687. The van der Waals surface area contributed by atoms with Gasteiger partial charge in [0.1, 0.15) is 0 Å². The summed E-state index contributed by atoms with van der Waals surface area (Å²) in [4.78, 5) is 2.73. The average Bonchev–Trinajstić information content (AvgIpc) is 2.86. The zero-order chi connectivity index (χ0) is 8.67. The summed E-state index contributed by atoms with van der Waals surface area (Å²) in [6.45, 7) is 3.97. The average molecular weight is 180 g/mol. The largest absolute Gasteiger partial charge is 0.313 e. The van der Waals surface area contributed by atoms with Gasteiger partial charge in [0.05, 0.1) is 0 Å². The third-order valence-corrected chi connectivity index (χ3v) is 4.01. The van der Waals surface area contributed by atoms with E-state index in [0.29, 0.717) is 0 Å². The molecule has 0 bridgehead atoms. The number of nitrogens with one attached hydrogen (secondary N) is 1. The lowest BCUT2D eigenvalue weighted by Gasteiger charge is -2.28. The lowest BCUT2D eigenvalue weighted by Crippen LogP contribution is -2.43. The first kappa shape index (κ1) is 8.25. The van der Waals surface area contributed by atoms with Crippen molar-refractivity contribution < 1.29 is 0 Å². The molecule has 3 atom stereocenters. The molecule has 2 saturated heterocycles. The van der Waals surface area contributed by atoms with Crippen molar-refractivity contribution in [1.29, 1.82) is 0 Å². The second kappa shape index (κ2) is 3.25. The topological polar surface area (TPSA) is 15.3 Å². The van der Waals surface area contributed by atoms with Gasteiger partial charge in [-0.25, -0.2) is 0 Å². The molecule has 3 rings (SSSR count). The zero-order valence-electron chi connectivity index (χ0n) is 8.34. The Morgan fingerprint density at radius 2 is 2.23 bits per heavy atom. The zero-order valence-corrected chi connectivity index (χ0v) is 8.34. The third kappa shape index (κ3) is 1.62. The first-order valence-electron chi connectivity index (χ1n) is 5.91. The van der Waals surface area contributed by atoms with Crippen LogP contribution in [0.15, 0.2) is 0 Å². The maximum Gasteiger partial charge on any atom is 0.0195 e. The van der Waals surface area contributed by atoms with Gasteiger partial charge in [-0.05, 0) is 44.7 Å². The second-order valence-corrected chi connectivity index (χ2v) is 4.99. The molecule has 3 aliphatic rings. The Morgan fingerprint density at radius 3 is 2.85 bits per heavy atom. The van der Waals surface area contributed by atoms with Gasteiger partial charge in [0.2, 0.25) is 0 Å². The smallest absolute Gasteiger partial charge is 0.0195 e. The van der Waals surface area contributed by atoms with Crippen molar-refractivity contribution in [1.82, 2.24) is 10.2 Å². The van der Waals surface area contributed by atoms with Gasteiger partial charge in [0.25, 0.3) is 0 Å². The number of hydrogen-bond donors (Lipinski definition) is 1. The molecule has 2 aliphatic heterocycles. The first-order chi connectivity index (χ1) is 6.43. The summed E-state index contributed by atoms with van der Waals surface area (Å²) < 4.78 is 0. The normalized spacial score (nSPS) is 44.8. The van der Waals surface area contributed by atoms with E-state index in [1.165, 1.54) is 51.7 Å². The first-order valence-corrected chi connectivity index (χ1v) is 5.91. The van der Waals surface area contributed by atoms with Crippen LogP contribution in [0.4, 0.5) is 0 Å². The van der Waals surface area contributed by atoms with Crippen LogP contribution in [0.5, 0.6) is 0 Å². The van der Waals surface area contributed by atoms with Crippen LogP contribution in [0.3, 0.4) is 0 Å². The van der Waals surface area contributed by atoms with E-state index < -0.39 is 0 Å². The van der Waals surface area contributed by atoms with E-state index in [0.717, 1.165) is 18.0 Å². The molecule has 3 fully saturated rings. The van der Waals surface area contributed by atoms with Crippen molar-refractivity contribution in [2.75, 3.05) is 19.6 Å². The molecular formula is C11H20N2. The maximum absolute atomic E-state index is 3.64. The minimum absolute atomic E-state index is 0.813.